The van der Waals surface area contributed by atoms with Crippen molar-refractivity contribution in [3.63, 3.8) is 0 Å². The summed E-state index contributed by atoms with van der Waals surface area (Å²) in [5.41, 5.74) is 0. The van der Waals surface area contributed by atoms with E-state index in [1.165, 1.54) is 32.1 Å². The molecule has 0 aromatic heterocycles. The zero-order valence-corrected chi connectivity index (χ0v) is 8.55. The summed E-state index contributed by atoms with van der Waals surface area (Å²) >= 11 is 0. The zero-order chi connectivity index (χ0) is 9.52. The van der Waals surface area contributed by atoms with E-state index < -0.39 is 0 Å². The lowest BCUT2D eigenvalue weighted by Crippen LogP contribution is -2.05. The number of ether oxygens (including phenoxy) is 1. The fourth-order valence-electron chi connectivity index (χ4n) is 1.96. The van der Waals surface area contributed by atoms with Crippen LogP contribution in [0.4, 0.5) is 0 Å². The Balaban J connectivity index is 1.91. The molecule has 0 atom stereocenters. The highest BCUT2D eigenvalue weighted by molar-refractivity contribution is 5.68. The van der Waals surface area contributed by atoms with Gasteiger partial charge in [-0.05, 0) is 18.8 Å². The number of rotatable bonds is 5. The zero-order valence-electron chi connectivity index (χ0n) is 8.55. The van der Waals surface area contributed by atoms with Crippen molar-refractivity contribution >= 4 is 5.97 Å². The molecule has 76 valence electrons. The molecule has 0 N–H and O–H groups in total. The van der Waals surface area contributed by atoms with E-state index in [1.807, 2.05) is 6.92 Å². The quantitative estimate of drug-likeness (QED) is 0.485. The minimum atomic E-state index is -0.0635. The van der Waals surface area contributed by atoms with Crippen LogP contribution in [0.5, 0.6) is 0 Å². The Hall–Kier alpha value is -0.530. The van der Waals surface area contributed by atoms with Gasteiger partial charge < -0.3 is 4.74 Å². The number of carbonyl (C=O) groups is 1. The lowest BCUT2D eigenvalue weighted by atomic mass is 10.0. The molecule has 0 aliphatic heterocycles. The Kier molecular flexibility index (Phi) is 4.87. The second kappa shape index (κ2) is 6.01. The van der Waals surface area contributed by atoms with E-state index in [0.29, 0.717) is 13.0 Å². The van der Waals surface area contributed by atoms with Crippen molar-refractivity contribution in [3.05, 3.63) is 0 Å². The molecule has 0 radical (unpaired) electrons. The van der Waals surface area contributed by atoms with Crippen LogP contribution in [0.3, 0.4) is 0 Å². The maximum absolute atomic E-state index is 10.8. The topological polar surface area (TPSA) is 26.3 Å². The lowest BCUT2D eigenvalue weighted by molar-refractivity contribution is -0.143. The molecule has 1 aliphatic rings. The van der Waals surface area contributed by atoms with E-state index in [1.54, 1.807) is 0 Å². The largest absolute Gasteiger partial charge is 0.466 e. The van der Waals surface area contributed by atoms with Crippen molar-refractivity contribution in [1.29, 1.82) is 0 Å². The van der Waals surface area contributed by atoms with Gasteiger partial charge in [0.05, 0.1) is 6.61 Å². The summed E-state index contributed by atoms with van der Waals surface area (Å²) in [6.45, 7) is 2.46. The molecular weight excluding hydrogens is 164 g/mol. The second-order valence-electron chi connectivity index (χ2n) is 3.87. The molecule has 1 fully saturated rings. The van der Waals surface area contributed by atoms with Gasteiger partial charge in [-0.25, -0.2) is 0 Å². The number of hydrogen-bond acceptors (Lipinski definition) is 2. The highest BCUT2D eigenvalue weighted by Gasteiger charge is 2.14. The molecule has 1 rings (SSSR count). The van der Waals surface area contributed by atoms with Crippen molar-refractivity contribution in [2.75, 3.05) is 6.61 Å². The van der Waals surface area contributed by atoms with Gasteiger partial charge in [0, 0.05) is 6.42 Å². The fourth-order valence-corrected chi connectivity index (χ4v) is 1.96. The minimum Gasteiger partial charge on any atom is -0.466 e. The van der Waals surface area contributed by atoms with E-state index in [9.17, 15) is 4.79 Å². The summed E-state index contributed by atoms with van der Waals surface area (Å²) < 4.78 is 5.01. The normalized spacial score (nSPS) is 17.6. The summed E-state index contributed by atoms with van der Waals surface area (Å²) in [4.78, 5) is 10.8. The molecule has 0 aromatic rings. The molecule has 0 saturated heterocycles. The van der Waals surface area contributed by atoms with Crippen molar-refractivity contribution in [2.45, 2.75) is 51.9 Å². The second-order valence-corrected chi connectivity index (χ2v) is 3.87. The molecule has 0 aromatic carbocycles. The molecular formula is C11H20O2. The molecule has 0 unspecified atom stereocenters. The lowest BCUT2D eigenvalue weighted by Gasteiger charge is -2.08. The average Bonchev–Trinajstić information content (AvgIpc) is 2.64. The van der Waals surface area contributed by atoms with Crippen LogP contribution in [0, 0.1) is 5.92 Å². The highest BCUT2D eigenvalue weighted by atomic mass is 16.5. The summed E-state index contributed by atoms with van der Waals surface area (Å²) in [5.74, 6) is 0.853. The molecule has 13 heavy (non-hydrogen) atoms. The molecule has 1 aliphatic carbocycles. The monoisotopic (exact) mass is 184 g/mol. The third-order valence-corrected chi connectivity index (χ3v) is 2.78. The Morgan fingerprint density at radius 2 is 2.08 bits per heavy atom. The van der Waals surface area contributed by atoms with Gasteiger partial charge in [0.2, 0.25) is 0 Å². The van der Waals surface area contributed by atoms with Gasteiger partial charge in [-0.3, -0.25) is 4.79 Å². The molecule has 0 spiro atoms. The van der Waals surface area contributed by atoms with Gasteiger partial charge in [-0.1, -0.05) is 32.6 Å². The van der Waals surface area contributed by atoms with E-state index in [4.69, 9.17) is 4.74 Å². The molecule has 0 heterocycles. The number of esters is 1. The summed E-state index contributed by atoms with van der Waals surface area (Å²) in [6, 6.07) is 0. The molecule has 0 bridgehead atoms. The van der Waals surface area contributed by atoms with E-state index in [-0.39, 0.29) is 5.97 Å². The maximum atomic E-state index is 10.8. The fraction of sp³-hybridized carbons (Fsp3) is 0.909. The van der Waals surface area contributed by atoms with E-state index in [2.05, 4.69) is 0 Å². The van der Waals surface area contributed by atoms with Crippen LogP contribution < -0.4 is 0 Å². The van der Waals surface area contributed by atoms with Crippen molar-refractivity contribution in [2.24, 2.45) is 5.92 Å². The predicted molar refractivity (Wildman–Crippen MR) is 52.4 cm³/mol. The van der Waals surface area contributed by atoms with Crippen LogP contribution in [0.1, 0.15) is 51.9 Å². The van der Waals surface area contributed by atoms with Gasteiger partial charge in [-0.2, -0.15) is 0 Å². The van der Waals surface area contributed by atoms with Crippen molar-refractivity contribution in [1.82, 2.24) is 0 Å². The van der Waals surface area contributed by atoms with Crippen LogP contribution in [0.2, 0.25) is 0 Å². The maximum Gasteiger partial charge on any atom is 0.305 e. The van der Waals surface area contributed by atoms with Crippen LogP contribution in [0.15, 0.2) is 0 Å². The highest BCUT2D eigenvalue weighted by Crippen LogP contribution is 2.28. The first kappa shape index (κ1) is 10.6. The molecule has 1 saturated carbocycles. The molecule has 2 heteroatoms. The SMILES string of the molecule is CCC(=O)OCCCC1CCCC1. The van der Waals surface area contributed by atoms with Crippen LogP contribution in [0.25, 0.3) is 0 Å². The van der Waals surface area contributed by atoms with Gasteiger partial charge in [-0.15, -0.1) is 0 Å². The molecule has 2 nitrogen and oxygen atoms in total. The van der Waals surface area contributed by atoms with Crippen molar-refractivity contribution < 1.29 is 9.53 Å². The summed E-state index contributed by atoms with van der Waals surface area (Å²) in [6.07, 6.45) is 8.39. The summed E-state index contributed by atoms with van der Waals surface area (Å²) in [5, 5.41) is 0. The van der Waals surface area contributed by atoms with Crippen LogP contribution in [-0.4, -0.2) is 12.6 Å². The Morgan fingerprint density at radius 1 is 1.38 bits per heavy atom. The standard InChI is InChI=1S/C11H20O2/c1-2-11(12)13-9-5-8-10-6-3-4-7-10/h10H,2-9H2,1H3. The first-order valence-electron chi connectivity index (χ1n) is 5.48. The number of hydrogen-bond donors (Lipinski definition) is 0. The third kappa shape index (κ3) is 4.30. The predicted octanol–water partition coefficient (Wildman–Crippen LogP) is 2.91. The molecule has 0 amide bonds. The van der Waals surface area contributed by atoms with E-state index >= 15 is 0 Å². The van der Waals surface area contributed by atoms with Crippen molar-refractivity contribution in [3.8, 4) is 0 Å². The van der Waals surface area contributed by atoms with E-state index in [0.717, 1.165) is 12.3 Å². The smallest absolute Gasteiger partial charge is 0.305 e. The van der Waals surface area contributed by atoms with Gasteiger partial charge in [0.1, 0.15) is 0 Å². The first-order chi connectivity index (χ1) is 6.33. The number of carbonyl (C=O) groups excluding carboxylic acids is 1. The van der Waals surface area contributed by atoms with Gasteiger partial charge in [0.25, 0.3) is 0 Å². The average molecular weight is 184 g/mol. The summed E-state index contributed by atoms with van der Waals surface area (Å²) in [7, 11) is 0. The third-order valence-electron chi connectivity index (χ3n) is 2.78. The van der Waals surface area contributed by atoms with Gasteiger partial charge >= 0.3 is 5.97 Å². The Morgan fingerprint density at radius 3 is 2.69 bits per heavy atom. The van der Waals surface area contributed by atoms with Gasteiger partial charge in [0.15, 0.2) is 0 Å². The Bertz CT molecular complexity index is 148. The first-order valence-corrected chi connectivity index (χ1v) is 5.48. The Labute approximate surface area is 80.7 Å². The minimum absolute atomic E-state index is 0.0635. The van der Waals surface area contributed by atoms with Crippen LogP contribution in [-0.2, 0) is 9.53 Å². The van der Waals surface area contributed by atoms with Crippen LogP contribution >= 0.6 is 0 Å².